The number of hydrogen-bond acceptors (Lipinski definition) is 10. The fourth-order valence-corrected chi connectivity index (χ4v) is 8.18. The highest BCUT2D eigenvalue weighted by Crippen LogP contribution is 2.41. The van der Waals surface area contributed by atoms with E-state index < -0.39 is 15.1 Å². The number of pyridine rings is 1. The number of aryl methyl sites for hydroxylation is 1. The van der Waals surface area contributed by atoms with Gasteiger partial charge in [0, 0.05) is 41.9 Å². The number of sulfone groups is 1. The van der Waals surface area contributed by atoms with Crippen LogP contribution in [0.4, 0.5) is 21.3 Å². The lowest BCUT2D eigenvalue weighted by Crippen LogP contribution is -2.34. The average Bonchev–Trinajstić information content (AvgIpc) is 3.62. The van der Waals surface area contributed by atoms with Gasteiger partial charge in [-0.3, -0.25) is 10.3 Å². The molecule has 2 fully saturated rings. The summed E-state index contributed by atoms with van der Waals surface area (Å²) in [4.78, 5) is 23.6. The Balaban J connectivity index is 1.12. The summed E-state index contributed by atoms with van der Waals surface area (Å²) in [5.74, 6) is 0.759. The van der Waals surface area contributed by atoms with Crippen LogP contribution in [0.2, 0.25) is 0 Å². The average molecular weight is 582 g/mol. The van der Waals surface area contributed by atoms with Gasteiger partial charge < -0.3 is 20.7 Å². The summed E-state index contributed by atoms with van der Waals surface area (Å²) >= 11 is 1.09. The number of aromatic nitrogens is 3. The highest BCUT2D eigenvalue weighted by molar-refractivity contribution is 7.92. The van der Waals surface area contributed by atoms with Crippen LogP contribution >= 0.6 is 11.5 Å². The maximum absolute atomic E-state index is 13.3. The van der Waals surface area contributed by atoms with Gasteiger partial charge in [-0.05, 0) is 49.7 Å². The molecule has 1 aromatic carbocycles. The lowest BCUT2D eigenvalue weighted by molar-refractivity contribution is 0.218. The zero-order valence-corrected chi connectivity index (χ0v) is 23.6. The number of ether oxygens (including phenoxy) is 1. The fourth-order valence-electron chi connectivity index (χ4n) is 6.05. The second kappa shape index (κ2) is 10.7. The van der Waals surface area contributed by atoms with Crippen molar-refractivity contribution in [1.82, 2.24) is 19.2 Å². The summed E-state index contributed by atoms with van der Waals surface area (Å²) in [6, 6.07) is 8.83. The maximum Gasteiger partial charge on any atom is 0.329 e. The minimum atomic E-state index is -3.51. The van der Waals surface area contributed by atoms with Crippen LogP contribution in [0.3, 0.4) is 0 Å². The highest BCUT2D eigenvalue weighted by atomic mass is 32.2. The summed E-state index contributed by atoms with van der Waals surface area (Å²) in [7, 11) is -2.02. The Hall–Kier alpha value is -3.71. The molecule has 2 unspecified atom stereocenters. The van der Waals surface area contributed by atoms with E-state index in [4.69, 9.17) is 10.5 Å². The van der Waals surface area contributed by atoms with Gasteiger partial charge in [0.15, 0.2) is 9.84 Å². The highest BCUT2D eigenvalue weighted by Gasteiger charge is 2.43. The molecular formula is C27H31N7O4S2. The fraction of sp³-hybridized carbons (Fsp3) is 0.407. The number of urea groups is 1. The Labute approximate surface area is 236 Å². The summed E-state index contributed by atoms with van der Waals surface area (Å²) in [6.07, 6.45) is 8.10. The number of nitrogens with zero attached hydrogens (tertiary/aromatic N) is 4. The van der Waals surface area contributed by atoms with Gasteiger partial charge in [0.05, 0.1) is 34.8 Å². The van der Waals surface area contributed by atoms with Crippen molar-refractivity contribution in [2.75, 3.05) is 36.6 Å². The number of amides is 2. The zero-order valence-electron chi connectivity index (χ0n) is 22.0. The Kier molecular flexibility index (Phi) is 7.09. The third kappa shape index (κ3) is 5.10. The van der Waals surface area contributed by atoms with Gasteiger partial charge in [-0.2, -0.15) is 4.98 Å². The molecule has 3 aliphatic rings. The number of nitrogens with two attached hydrogens (primary N) is 1. The molecule has 4 atom stereocenters. The molecule has 2 amide bonds. The third-order valence-corrected chi connectivity index (χ3v) is 10.8. The monoisotopic (exact) mass is 581 g/mol. The van der Waals surface area contributed by atoms with Crippen molar-refractivity contribution in [2.45, 2.75) is 41.9 Å². The molecule has 4 N–H and O–H groups in total. The number of carbonyl (C=O) groups excluding carboxylic acids is 1. The van der Waals surface area contributed by atoms with E-state index in [0.717, 1.165) is 41.3 Å². The van der Waals surface area contributed by atoms with Crippen LogP contribution in [0.25, 0.3) is 6.08 Å². The van der Waals surface area contributed by atoms with Crippen molar-refractivity contribution in [2.24, 2.45) is 11.8 Å². The molecule has 2 aromatic heterocycles. The van der Waals surface area contributed by atoms with Crippen molar-refractivity contribution >= 4 is 50.0 Å². The van der Waals surface area contributed by atoms with Crippen molar-refractivity contribution in [3.63, 3.8) is 0 Å². The summed E-state index contributed by atoms with van der Waals surface area (Å²) in [6.45, 7) is 1.35. The Morgan fingerprint density at radius 2 is 1.93 bits per heavy atom. The van der Waals surface area contributed by atoms with E-state index >= 15 is 0 Å². The lowest BCUT2D eigenvalue weighted by Gasteiger charge is -2.22. The molecule has 0 spiro atoms. The lowest BCUT2D eigenvalue weighted by atomic mass is 10.0. The van der Waals surface area contributed by atoms with Crippen molar-refractivity contribution < 1.29 is 17.9 Å². The Morgan fingerprint density at radius 1 is 1.18 bits per heavy atom. The van der Waals surface area contributed by atoms with Crippen LogP contribution in [0.5, 0.6) is 6.01 Å². The van der Waals surface area contributed by atoms with E-state index in [-0.39, 0.29) is 18.1 Å². The minimum absolute atomic E-state index is 0.174. The van der Waals surface area contributed by atoms with Crippen molar-refractivity contribution in [3.8, 4) is 6.01 Å². The van der Waals surface area contributed by atoms with Gasteiger partial charge in [0.25, 0.3) is 0 Å². The molecule has 1 saturated heterocycles. The van der Waals surface area contributed by atoms with Gasteiger partial charge in [-0.15, -0.1) is 4.37 Å². The topological polar surface area (TPSA) is 152 Å². The van der Waals surface area contributed by atoms with E-state index in [2.05, 4.69) is 25.0 Å². The first-order valence-electron chi connectivity index (χ1n) is 13.3. The van der Waals surface area contributed by atoms with Crippen LogP contribution in [-0.2, 0) is 16.3 Å². The Morgan fingerprint density at radius 3 is 2.62 bits per heavy atom. The normalized spacial score (nSPS) is 23.8. The maximum atomic E-state index is 13.3. The van der Waals surface area contributed by atoms with Gasteiger partial charge in [-0.25, -0.2) is 13.2 Å². The molecule has 2 aliphatic carbocycles. The van der Waals surface area contributed by atoms with Crippen LogP contribution in [0.15, 0.2) is 47.5 Å². The predicted octanol–water partition coefficient (Wildman–Crippen LogP) is 3.68. The van der Waals surface area contributed by atoms with Crippen LogP contribution in [-0.4, -0.2) is 65.2 Å². The van der Waals surface area contributed by atoms with E-state index in [0.29, 0.717) is 53.5 Å². The van der Waals surface area contributed by atoms with E-state index in [1.165, 1.54) is 7.11 Å². The predicted molar refractivity (Wildman–Crippen MR) is 154 cm³/mol. The minimum Gasteiger partial charge on any atom is -0.466 e. The van der Waals surface area contributed by atoms with Crippen molar-refractivity contribution in [3.05, 3.63) is 53.9 Å². The van der Waals surface area contributed by atoms with Gasteiger partial charge in [-0.1, -0.05) is 30.4 Å². The molecule has 6 rings (SSSR count). The molecule has 40 heavy (non-hydrogen) atoms. The van der Waals surface area contributed by atoms with Gasteiger partial charge in [0.1, 0.15) is 0 Å². The number of nitrogen functional groups attached to an aromatic ring is 1. The van der Waals surface area contributed by atoms with Gasteiger partial charge >= 0.3 is 12.0 Å². The van der Waals surface area contributed by atoms with E-state index in [9.17, 15) is 13.2 Å². The number of hydrogen-bond donors (Lipinski definition) is 3. The number of likely N-dealkylation sites (tertiary alicyclic amines) is 1. The van der Waals surface area contributed by atoms with Crippen LogP contribution in [0.1, 0.15) is 30.5 Å². The molecule has 13 heteroatoms. The van der Waals surface area contributed by atoms with E-state index in [1.807, 2.05) is 17.0 Å². The number of nitrogens with one attached hydrogen (secondary N) is 2. The quantitative estimate of drug-likeness (QED) is 0.396. The second-order valence-electron chi connectivity index (χ2n) is 10.5. The molecule has 3 heterocycles. The molecular weight excluding hydrogens is 550 g/mol. The van der Waals surface area contributed by atoms with Crippen molar-refractivity contribution in [1.29, 1.82) is 0 Å². The zero-order chi connectivity index (χ0) is 27.9. The summed E-state index contributed by atoms with van der Waals surface area (Å²) in [5.41, 5.74) is 9.44. The first-order valence-corrected chi connectivity index (χ1v) is 15.6. The SMILES string of the molecule is COc1nsc(NC(=O)N2CC3C[C@H](Nc4c(N)cnc5c4C=CC(S(=O)(=O)c4ccccc4)CC5)C[C@H]3C2)n1. The Bertz CT molecular complexity index is 1530. The number of carbonyl (C=O) groups is 1. The molecule has 1 aliphatic heterocycles. The summed E-state index contributed by atoms with van der Waals surface area (Å²) in [5, 5.41) is 6.25. The van der Waals surface area contributed by atoms with Crippen LogP contribution < -0.4 is 21.1 Å². The standard InChI is InChI=1S/C27H31N7O4S2/c1-38-25-31-26(39-33-25)32-27(35)34-14-16-11-18(12-17(16)15-34)30-24-21-9-7-20(8-10-23(21)29-13-22(24)28)40(36,37)19-5-3-2-4-6-19/h2-7,9,13,16-18,20H,8,10-12,14-15,28H2,1H3,(H,29,30)(H,31,32,33,35)/t16-,17?,18+,20?/m0/s1. The number of fused-ring (bicyclic) bond motifs is 2. The first kappa shape index (κ1) is 26.5. The molecule has 0 bridgehead atoms. The molecule has 210 valence electrons. The molecule has 3 aromatic rings. The van der Waals surface area contributed by atoms with Crippen LogP contribution in [0, 0.1) is 11.8 Å². The molecule has 1 saturated carbocycles. The largest absolute Gasteiger partial charge is 0.466 e. The number of methoxy groups -OCH3 is 1. The van der Waals surface area contributed by atoms with Gasteiger partial charge in [0.2, 0.25) is 5.13 Å². The first-order chi connectivity index (χ1) is 19.3. The molecule has 0 radical (unpaired) electrons. The smallest absolute Gasteiger partial charge is 0.329 e. The second-order valence-corrected chi connectivity index (χ2v) is 13.4. The molecule has 11 nitrogen and oxygen atoms in total. The number of anilines is 3. The van der Waals surface area contributed by atoms with E-state index in [1.54, 1.807) is 36.5 Å². The summed E-state index contributed by atoms with van der Waals surface area (Å²) < 4.78 is 35.5. The third-order valence-electron chi connectivity index (χ3n) is 8.03. The number of benzene rings is 1. The number of rotatable bonds is 6.